The molecule has 1 aromatic heterocycles. The minimum Gasteiger partial charge on any atom is -0.330 e. The number of hydrogen-bond donors (Lipinski definition) is 1. The molecule has 1 N–H and O–H groups in total. The lowest BCUT2D eigenvalue weighted by molar-refractivity contribution is 1.06. The summed E-state index contributed by atoms with van der Waals surface area (Å²) < 4.78 is 2.45. The molecule has 92 valence electrons. The Balaban J connectivity index is 2.34. The average Bonchev–Trinajstić information content (AvgIpc) is 2.75. The van der Waals surface area contributed by atoms with E-state index in [1.807, 2.05) is 28.8 Å². The van der Waals surface area contributed by atoms with Gasteiger partial charge in [0.2, 0.25) is 0 Å². The standard InChI is InChI=1S/C14H8ClN3S/c15-10-7-9(8-16)5-6-12(10)18-13-4-2-1-3-11(13)17-14(18)19/h1-7H,(H,17,19). The van der Waals surface area contributed by atoms with Crippen LogP contribution in [-0.2, 0) is 0 Å². The molecule has 2 aromatic carbocycles. The zero-order valence-corrected chi connectivity index (χ0v) is 11.3. The molecule has 1 heterocycles. The number of imidazole rings is 1. The summed E-state index contributed by atoms with van der Waals surface area (Å²) in [6.45, 7) is 0. The van der Waals surface area contributed by atoms with Crippen molar-refractivity contribution in [3.8, 4) is 11.8 Å². The van der Waals surface area contributed by atoms with Crippen LogP contribution in [0.3, 0.4) is 0 Å². The van der Waals surface area contributed by atoms with Gasteiger partial charge in [-0.15, -0.1) is 0 Å². The molecule has 0 radical (unpaired) electrons. The highest BCUT2D eigenvalue weighted by molar-refractivity contribution is 7.71. The van der Waals surface area contributed by atoms with Crippen LogP contribution in [-0.4, -0.2) is 9.55 Å². The minimum atomic E-state index is 0.500. The molecule has 0 aliphatic heterocycles. The summed E-state index contributed by atoms with van der Waals surface area (Å²) in [7, 11) is 0. The first kappa shape index (κ1) is 12.0. The van der Waals surface area contributed by atoms with E-state index in [1.54, 1.807) is 18.2 Å². The predicted octanol–water partition coefficient (Wildman–Crippen LogP) is 4.21. The van der Waals surface area contributed by atoms with Crippen molar-refractivity contribution in [3.63, 3.8) is 0 Å². The van der Waals surface area contributed by atoms with Crippen molar-refractivity contribution in [1.82, 2.24) is 9.55 Å². The zero-order valence-electron chi connectivity index (χ0n) is 9.72. The maximum absolute atomic E-state index is 8.87. The molecule has 19 heavy (non-hydrogen) atoms. The van der Waals surface area contributed by atoms with Crippen molar-refractivity contribution < 1.29 is 0 Å². The van der Waals surface area contributed by atoms with Crippen molar-refractivity contribution in [2.45, 2.75) is 0 Å². The third kappa shape index (κ3) is 1.93. The fourth-order valence-corrected chi connectivity index (χ4v) is 2.62. The Kier molecular flexibility index (Phi) is 2.86. The number of fused-ring (bicyclic) bond motifs is 1. The number of nitrogens with one attached hydrogen (secondary N) is 1. The Morgan fingerprint density at radius 1 is 1.21 bits per heavy atom. The molecular weight excluding hydrogens is 278 g/mol. The third-order valence-electron chi connectivity index (χ3n) is 2.91. The highest BCUT2D eigenvalue weighted by Gasteiger charge is 2.09. The third-order valence-corrected chi connectivity index (χ3v) is 3.49. The molecule has 3 rings (SSSR count). The first-order chi connectivity index (χ1) is 9.20. The molecule has 0 fully saturated rings. The lowest BCUT2D eigenvalue weighted by Crippen LogP contribution is -1.95. The minimum absolute atomic E-state index is 0.500. The average molecular weight is 286 g/mol. The topological polar surface area (TPSA) is 44.5 Å². The van der Waals surface area contributed by atoms with Gasteiger partial charge in [0.25, 0.3) is 0 Å². The summed E-state index contributed by atoms with van der Waals surface area (Å²) in [5.41, 5.74) is 3.20. The van der Waals surface area contributed by atoms with Crippen LogP contribution in [0.4, 0.5) is 0 Å². The van der Waals surface area contributed by atoms with Crippen molar-refractivity contribution in [2.24, 2.45) is 0 Å². The van der Waals surface area contributed by atoms with Gasteiger partial charge in [-0.05, 0) is 42.5 Å². The van der Waals surface area contributed by atoms with E-state index >= 15 is 0 Å². The Morgan fingerprint density at radius 3 is 2.74 bits per heavy atom. The molecule has 0 saturated carbocycles. The van der Waals surface area contributed by atoms with Crippen LogP contribution in [0.5, 0.6) is 0 Å². The van der Waals surface area contributed by atoms with E-state index in [0.29, 0.717) is 15.4 Å². The summed E-state index contributed by atoms with van der Waals surface area (Å²) in [5, 5.41) is 9.37. The number of halogens is 1. The largest absolute Gasteiger partial charge is 0.330 e. The zero-order chi connectivity index (χ0) is 13.4. The lowest BCUT2D eigenvalue weighted by Gasteiger charge is -2.07. The molecule has 0 unspecified atom stereocenters. The van der Waals surface area contributed by atoms with Crippen LogP contribution in [0.25, 0.3) is 16.7 Å². The Hall–Kier alpha value is -2.09. The quantitative estimate of drug-likeness (QED) is 0.681. The normalized spacial score (nSPS) is 10.5. The van der Waals surface area contributed by atoms with E-state index in [1.165, 1.54) is 0 Å². The number of para-hydroxylation sites is 2. The van der Waals surface area contributed by atoms with Crippen LogP contribution in [0.2, 0.25) is 5.02 Å². The highest BCUT2D eigenvalue weighted by atomic mass is 35.5. The summed E-state index contributed by atoms with van der Waals surface area (Å²) in [5.74, 6) is 0. The van der Waals surface area contributed by atoms with Gasteiger partial charge in [0.05, 0.1) is 33.4 Å². The number of H-pyrrole nitrogens is 1. The fraction of sp³-hybridized carbons (Fsp3) is 0. The van der Waals surface area contributed by atoms with E-state index in [-0.39, 0.29) is 0 Å². The van der Waals surface area contributed by atoms with Gasteiger partial charge in [-0.1, -0.05) is 23.7 Å². The lowest BCUT2D eigenvalue weighted by atomic mass is 10.2. The van der Waals surface area contributed by atoms with Crippen LogP contribution >= 0.6 is 23.8 Å². The van der Waals surface area contributed by atoms with Crippen molar-refractivity contribution in [3.05, 3.63) is 57.8 Å². The Bertz CT molecular complexity index is 870. The summed E-state index contributed by atoms with van der Waals surface area (Å²) >= 11 is 11.6. The smallest absolute Gasteiger partial charge is 0.182 e. The number of nitriles is 1. The van der Waals surface area contributed by atoms with Crippen LogP contribution in [0.1, 0.15) is 5.56 Å². The van der Waals surface area contributed by atoms with Crippen LogP contribution in [0.15, 0.2) is 42.5 Å². The summed E-state index contributed by atoms with van der Waals surface area (Å²) in [4.78, 5) is 3.14. The van der Waals surface area contributed by atoms with Gasteiger partial charge in [0.15, 0.2) is 4.77 Å². The monoisotopic (exact) mass is 285 g/mol. The number of rotatable bonds is 1. The van der Waals surface area contributed by atoms with E-state index < -0.39 is 0 Å². The molecule has 3 nitrogen and oxygen atoms in total. The van der Waals surface area contributed by atoms with E-state index in [9.17, 15) is 0 Å². The Labute approximate surface area is 119 Å². The predicted molar refractivity (Wildman–Crippen MR) is 78.2 cm³/mol. The molecule has 0 atom stereocenters. The molecule has 3 aromatic rings. The molecule has 5 heteroatoms. The molecule has 0 amide bonds. The second-order valence-corrected chi connectivity index (χ2v) is 4.85. The number of hydrogen-bond acceptors (Lipinski definition) is 2. The van der Waals surface area contributed by atoms with Gasteiger partial charge < -0.3 is 4.98 Å². The highest BCUT2D eigenvalue weighted by Crippen LogP contribution is 2.26. The van der Waals surface area contributed by atoms with Gasteiger partial charge in [-0.3, -0.25) is 4.57 Å². The van der Waals surface area contributed by atoms with Gasteiger partial charge in [0.1, 0.15) is 0 Å². The van der Waals surface area contributed by atoms with E-state index in [0.717, 1.165) is 16.7 Å². The number of benzene rings is 2. The first-order valence-corrected chi connectivity index (χ1v) is 6.39. The van der Waals surface area contributed by atoms with Gasteiger partial charge in [0, 0.05) is 0 Å². The maximum Gasteiger partial charge on any atom is 0.182 e. The van der Waals surface area contributed by atoms with Crippen LogP contribution < -0.4 is 0 Å². The number of nitrogens with zero attached hydrogens (tertiary/aromatic N) is 2. The molecular formula is C14H8ClN3S. The number of aromatic amines is 1. The second kappa shape index (κ2) is 4.54. The van der Waals surface area contributed by atoms with E-state index in [4.69, 9.17) is 29.1 Å². The molecule has 0 spiro atoms. The molecule has 0 aliphatic carbocycles. The first-order valence-electron chi connectivity index (χ1n) is 5.60. The fourth-order valence-electron chi connectivity index (χ4n) is 2.05. The van der Waals surface area contributed by atoms with Gasteiger partial charge in [-0.2, -0.15) is 5.26 Å². The number of aromatic nitrogens is 2. The van der Waals surface area contributed by atoms with Crippen molar-refractivity contribution in [2.75, 3.05) is 0 Å². The second-order valence-electron chi connectivity index (χ2n) is 4.06. The summed E-state index contributed by atoms with van der Waals surface area (Å²) in [6, 6.07) is 15.0. The van der Waals surface area contributed by atoms with Gasteiger partial charge >= 0.3 is 0 Å². The molecule has 0 saturated heterocycles. The maximum atomic E-state index is 8.87. The van der Waals surface area contributed by atoms with Crippen molar-refractivity contribution in [1.29, 1.82) is 5.26 Å². The van der Waals surface area contributed by atoms with Crippen molar-refractivity contribution >= 4 is 34.9 Å². The summed E-state index contributed by atoms with van der Waals surface area (Å²) in [6.07, 6.45) is 0. The Morgan fingerprint density at radius 2 is 2.00 bits per heavy atom. The molecule has 0 bridgehead atoms. The molecule has 0 aliphatic rings. The SMILES string of the molecule is N#Cc1ccc(-n2c(=S)[nH]c3ccccc32)c(Cl)c1. The van der Waals surface area contributed by atoms with Gasteiger partial charge in [-0.25, -0.2) is 0 Å². The van der Waals surface area contributed by atoms with Crippen LogP contribution in [0, 0.1) is 16.1 Å². The van der Waals surface area contributed by atoms with E-state index in [2.05, 4.69) is 11.1 Å².